The number of benzene rings is 6. The van der Waals surface area contributed by atoms with E-state index in [4.69, 9.17) is 0 Å². The Balaban J connectivity index is 1.21. The molecular formula is C38H24N2O4S2. The normalized spacial score (nSPS) is 16.7. The summed E-state index contributed by atoms with van der Waals surface area (Å²) < 4.78 is 57.0. The Morgan fingerprint density at radius 1 is 0.391 bits per heavy atom. The van der Waals surface area contributed by atoms with Crippen molar-refractivity contribution in [2.45, 2.75) is 32.4 Å². The van der Waals surface area contributed by atoms with Gasteiger partial charge in [0.05, 0.1) is 42.3 Å². The number of hydrogen-bond acceptors (Lipinski definition) is 6. The summed E-state index contributed by atoms with van der Waals surface area (Å²) in [4.78, 5) is 5.11. The first-order chi connectivity index (χ1) is 22.3. The summed E-state index contributed by atoms with van der Waals surface area (Å²) in [7, 11) is -7.73. The average molecular weight is 637 g/mol. The molecule has 6 nitrogen and oxygen atoms in total. The fourth-order valence-electron chi connectivity index (χ4n) is 7.72. The van der Waals surface area contributed by atoms with Crippen molar-refractivity contribution in [3.05, 3.63) is 144 Å². The predicted molar refractivity (Wildman–Crippen MR) is 178 cm³/mol. The molecule has 222 valence electrons. The van der Waals surface area contributed by atoms with Crippen LogP contribution in [0.15, 0.2) is 141 Å². The van der Waals surface area contributed by atoms with Gasteiger partial charge in [-0.2, -0.15) is 0 Å². The zero-order chi connectivity index (χ0) is 30.9. The Morgan fingerprint density at radius 3 is 1.65 bits per heavy atom. The minimum Gasteiger partial charge on any atom is -0.307 e. The Labute approximate surface area is 266 Å². The van der Waals surface area contributed by atoms with Crippen molar-refractivity contribution in [3.8, 4) is 11.1 Å². The van der Waals surface area contributed by atoms with Gasteiger partial charge in [0.25, 0.3) is 0 Å². The number of rotatable bonds is 1. The highest BCUT2D eigenvalue weighted by Gasteiger charge is 2.41. The second kappa shape index (κ2) is 8.75. The molecule has 0 aromatic heterocycles. The Kier molecular flexibility index (Phi) is 4.96. The lowest BCUT2D eigenvalue weighted by Gasteiger charge is -2.39. The lowest BCUT2D eigenvalue weighted by Crippen LogP contribution is -2.27. The molecule has 0 saturated carbocycles. The highest BCUT2D eigenvalue weighted by atomic mass is 32.2. The molecule has 0 saturated heterocycles. The number of sulfone groups is 2. The molecule has 6 aromatic carbocycles. The molecule has 0 aliphatic carbocycles. The molecule has 0 bridgehead atoms. The van der Waals surface area contributed by atoms with Crippen LogP contribution in [0.1, 0.15) is 22.3 Å². The topological polar surface area (TPSA) is 74.8 Å². The van der Waals surface area contributed by atoms with Crippen LogP contribution in [0.2, 0.25) is 0 Å². The third-order valence-electron chi connectivity index (χ3n) is 9.71. The largest absolute Gasteiger partial charge is 0.307 e. The van der Waals surface area contributed by atoms with Gasteiger partial charge < -0.3 is 9.80 Å². The van der Waals surface area contributed by atoms with Gasteiger partial charge in [-0.3, -0.25) is 0 Å². The molecule has 4 aliphatic heterocycles. The molecule has 0 spiro atoms. The van der Waals surface area contributed by atoms with Crippen molar-refractivity contribution in [3.63, 3.8) is 0 Å². The van der Waals surface area contributed by atoms with E-state index >= 15 is 0 Å². The smallest absolute Gasteiger partial charge is 0.210 e. The molecule has 0 atom stereocenters. The number of anilines is 6. The maximum absolute atomic E-state index is 14.3. The minimum absolute atomic E-state index is 0.206. The zero-order valence-corrected chi connectivity index (χ0v) is 25.9. The first kappa shape index (κ1) is 26.1. The van der Waals surface area contributed by atoms with Crippen LogP contribution in [0.3, 0.4) is 0 Å². The fraction of sp³-hybridized carbons (Fsp3) is 0.0526. The van der Waals surface area contributed by atoms with Crippen LogP contribution in [-0.2, 0) is 32.5 Å². The molecule has 10 rings (SSSR count). The minimum atomic E-state index is -3.87. The van der Waals surface area contributed by atoms with Crippen LogP contribution in [0.25, 0.3) is 11.1 Å². The van der Waals surface area contributed by atoms with Crippen LogP contribution < -0.4 is 9.80 Å². The highest BCUT2D eigenvalue weighted by Crippen LogP contribution is 2.56. The van der Waals surface area contributed by atoms with Gasteiger partial charge in [0, 0.05) is 24.2 Å². The molecule has 6 aromatic rings. The van der Waals surface area contributed by atoms with Crippen LogP contribution in [0.5, 0.6) is 0 Å². The van der Waals surface area contributed by atoms with Gasteiger partial charge in [-0.05, 0) is 88.0 Å². The molecule has 8 heteroatoms. The molecule has 46 heavy (non-hydrogen) atoms. The summed E-state index contributed by atoms with van der Waals surface area (Å²) in [5, 5.41) is 0. The molecular weight excluding hydrogens is 613 g/mol. The monoisotopic (exact) mass is 636 g/mol. The number of hydrogen-bond donors (Lipinski definition) is 0. The summed E-state index contributed by atoms with van der Waals surface area (Å²) in [6, 6.07) is 38.0. The van der Waals surface area contributed by atoms with Gasteiger partial charge in [0.1, 0.15) is 0 Å². The fourth-order valence-corrected chi connectivity index (χ4v) is 11.1. The zero-order valence-electron chi connectivity index (χ0n) is 24.3. The van der Waals surface area contributed by atoms with E-state index in [1.54, 1.807) is 30.3 Å². The maximum atomic E-state index is 14.3. The summed E-state index contributed by atoms with van der Waals surface area (Å²) in [5.41, 5.74) is 9.91. The Bertz CT molecular complexity index is 2590. The maximum Gasteiger partial charge on any atom is 0.210 e. The number of para-hydroxylation sites is 4. The van der Waals surface area contributed by atoms with E-state index in [-0.39, 0.29) is 19.6 Å². The van der Waals surface area contributed by atoms with Gasteiger partial charge >= 0.3 is 0 Å². The van der Waals surface area contributed by atoms with Crippen LogP contribution in [0, 0.1) is 0 Å². The van der Waals surface area contributed by atoms with Crippen LogP contribution in [0.4, 0.5) is 34.1 Å². The van der Waals surface area contributed by atoms with Crippen molar-refractivity contribution < 1.29 is 16.8 Å². The second-order valence-electron chi connectivity index (χ2n) is 12.2. The summed E-state index contributed by atoms with van der Waals surface area (Å²) in [6.45, 7) is 0. The summed E-state index contributed by atoms with van der Waals surface area (Å²) in [6.07, 6.45) is 1.22. The van der Waals surface area contributed by atoms with Gasteiger partial charge in [-0.25, -0.2) is 16.8 Å². The van der Waals surface area contributed by atoms with Crippen molar-refractivity contribution in [1.29, 1.82) is 0 Å². The van der Waals surface area contributed by atoms with Crippen molar-refractivity contribution >= 4 is 53.8 Å². The molecule has 0 radical (unpaired) electrons. The molecule has 0 fully saturated rings. The molecule has 4 heterocycles. The van der Waals surface area contributed by atoms with E-state index in [2.05, 4.69) is 21.9 Å². The second-order valence-corrected chi connectivity index (χ2v) is 16.0. The standard InChI is InChI=1S/C38H24N2O4S2/c41-45(42)33-14-6-5-13-31(33)39-30-12-4-2-9-25(30)19-28-20-27(22-36(45)38(28)39)23-16-17-32-35(21-23)46(43,44)34-15-7-10-26-18-24-8-1-3-11-29(24)40(32)37(26)34/h1-17,20-22H,18-19H2. The van der Waals surface area contributed by atoms with E-state index in [0.29, 0.717) is 46.7 Å². The SMILES string of the molecule is O=S1(=O)c2cc(-c3cc4c5c(c3)S(=O)(=O)c3ccccc3N5c3ccccc3C4)ccc2N2c3ccccc3Cc3cccc1c32. The highest BCUT2D eigenvalue weighted by molar-refractivity contribution is 7.92. The number of fused-ring (bicyclic) bond motifs is 8. The molecule has 0 unspecified atom stereocenters. The van der Waals surface area contributed by atoms with E-state index in [9.17, 15) is 16.8 Å². The van der Waals surface area contributed by atoms with Crippen LogP contribution in [-0.4, -0.2) is 16.8 Å². The summed E-state index contributed by atoms with van der Waals surface area (Å²) >= 11 is 0. The quantitative estimate of drug-likeness (QED) is 0.180. The third-order valence-corrected chi connectivity index (χ3v) is 13.3. The van der Waals surface area contributed by atoms with E-state index in [1.807, 2.05) is 78.9 Å². The van der Waals surface area contributed by atoms with Gasteiger partial charge in [-0.1, -0.05) is 66.7 Å². The van der Waals surface area contributed by atoms with E-state index < -0.39 is 19.7 Å². The Morgan fingerprint density at radius 2 is 0.913 bits per heavy atom. The molecule has 4 aliphatic rings. The Hall–Kier alpha value is -5.18. The van der Waals surface area contributed by atoms with E-state index in [1.165, 1.54) is 0 Å². The van der Waals surface area contributed by atoms with Crippen LogP contribution >= 0.6 is 0 Å². The van der Waals surface area contributed by atoms with Gasteiger partial charge in [-0.15, -0.1) is 0 Å². The van der Waals surface area contributed by atoms with Crippen molar-refractivity contribution in [2.75, 3.05) is 9.80 Å². The average Bonchev–Trinajstić information content (AvgIpc) is 3.07. The van der Waals surface area contributed by atoms with E-state index in [0.717, 1.165) is 33.6 Å². The summed E-state index contributed by atoms with van der Waals surface area (Å²) in [5.74, 6) is 0. The van der Waals surface area contributed by atoms with Crippen molar-refractivity contribution in [1.82, 2.24) is 0 Å². The first-order valence-electron chi connectivity index (χ1n) is 15.1. The number of nitrogens with zero attached hydrogens (tertiary/aromatic N) is 2. The predicted octanol–water partition coefficient (Wildman–Crippen LogP) is 8.39. The lowest BCUT2D eigenvalue weighted by molar-refractivity contribution is 0.593. The van der Waals surface area contributed by atoms with Crippen molar-refractivity contribution in [2.24, 2.45) is 0 Å². The molecule has 0 amide bonds. The first-order valence-corrected chi connectivity index (χ1v) is 18.1. The lowest BCUT2D eigenvalue weighted by atomic mass is 9.91. The van der Waals surface area contributed by atoms with Gasteiger partial charge in [0.2, 0.25) is 19.7 Å². The van der Waals surface area contributed by atoms with Gasteiger partial charge in [0.15, 0.2) is 0 Å². The third kappa shape index (κ3) is 3.24. The molecule has 0 N–H and O–H groups in total.